The molecular weight excluding hydrogens is 252 g/mol. The molecule has 0 N–H and O–H groups in total. The molecule has 0 aliphatic heterocycles. The maximum Gasteiger partial charge on any atom is -0.00965 e. The van der Waals surface area contributed by atoms with Crippen LogP contribution in [-0.4, -0.2) is 0 Å². The lowest BCUT2D eigenvalue weighted by Gasteiger charge is -2.13. The minimum atomic E-state index is 1.17. The molecule has 0 spiro atoms. The van der Waals surface area contributed by atoms with E-state index in [0.717, 1.165) is 0 Å². The topological polar surface area (TPSA) is 0 Å². The van der Waals surface area contributed by atoms with Gasteiger partial charge in [-0.1, -0.05) is 87.2 Å². The lowest BCUT2D eigenvalue weighted by atomic mass is 9.91. The minimum absolute atomic E-state index is 1.17. The number of aryl methyl sites for hydroxylation is 1. The molecule has 0 aliphatic carbocycles. The third-order valence-electron chi connectivity index (χ3n) is 3.67. The zero-order valence-corrected chi connectivity index (χ0v) is 13.1. The van der Waals surface area contributed by atoms with E-state index in [2.05, 4.69) is 62.5 Å². The summed E-state index contributed by atoms with van der Waals surface area (Å²) in [7, 11) is 0. The quantitative estimate of drug-likeness (QED) is 0.461. The van der Waals surface area contributed by atoms with Crippen LogP contribution in [0.5, 0.6) is 0 Å². The second-order valence-electron chi connectivity index (χ2n) is 4.83. The summed E-state index contributed by atoms with van der Waals surface area (Å²) in [6.45, 7) is 14.1. The molecule has 3 rings (SSSR count). The fourth-order valence-corrected chi connectivity index (χ4v) is 2.80. The third-order valence-corrected chi connectivity index (χ3v) is 3.67. The van der Waals surface area contributed by atoms with Gasteiger partial charge in [-0.25, -0.2) is 0 Å². The van der Waals surface area contributed by atoms with E-state index in [1.54, 1.807) is 0 Å². The van der Waals surface area contributed by atoms with E-state index in [9.17, 15) is 0 Å². The Hall–Kier alpha value is -2.34. The Morgan fingerprint density at radius 1 is 0.714 bits per heavy atom. The van der Waals surface area contributed by atoms with Crippen molar-refractivity contribution in [2.45, 2.75) is 20.8 Å². The van der Waals surface area contributed by atoms with Crippen molar-refractivity contribution in [3.63, 3.8) is 0 Å². The van der Waals surface area contributed by atoms with Crippen LogP contribution in [0.15, 0.2) is 55.6 Å². The summed E-state index contributed by atoms with van der Waals surface area (Å²) in [5.74, 6) is 0. The van der Waals surface area contributed by atoms with E-state index >= 15 is 0 Å². The second-order valence-corrected chi connectivity index (χ2v) is 4.83. The van der Waals surface area contributed by atoms with Crippen molar-refractivity contribution in [2.24, 2.45) is 0 Å². The van der Waals surface area contributed by atoms with Crippen LogP contribution in [-0.2, 0) is 0 Å². The Morgan fingerprint density at radius 3 is 1.86 bits per heavy atom. The van der Waals surface area contributed by atoms with Gasteiger partial charge in [-0.05, 0) is 39.6 Å². The first kappa shape index (κ1) is 15.1. The predicted molar refractivity (Wildman–Crippen MR) is 97.7 cm³/mol. The molecule has 0 saturated heterocycles. The fourth-order valence-electron chi connectivity index (χ4n) is 2.80. The van der Waals surface area contributed by atoms with Crippen LogP contribution in [0.25, 0.3) is 33.7 Å². The molecule has 0 nitrogen and oxygen atoms in total. The monoisotopic (exact) mass is 274 g/mol. The highest BCUT2D eigenvalue weighted by atomic mass is 14.1. The van der Waals surface area contributed by atoms with Crippen LogP contribution in [0.4, 0.5) is 0 Å². The molecule has 0 saturated carbocycles. The van der Waals surface area contributed by atoms with Gasteiger partial charge in [-0.3, -0.25) is 0 Å². The number of benzene rings is 3. The number of rotatable bonds is 2. The van der Waals surface area contributed by atoms with Gasteiger partial charge in [-0.2, -0.15) is 0 Å². The second kappa shape index (κ2) is 6.41. The van der Waals surface area contributed by atoms with Gasteiger partial charge in [-0.15, -0.1) is 0 Å². The third kappa shape index (κ3) is 2.50. The maximum atomic E-state index is 3.98. The Morgan fingerprint density at radius 2 is 1.24 bits per heavy atom. The van der Waals surface area contributed by atoms with E-state index < -0.39 is 0 Å². The van der Waals surface area contributed by atoms with Crippen molar-refractivity contribution in [2.75, 3.05) is 0 Å². The van der Waals surface area contributed by atoms with E-state index in [-0.39, 0.29) is 0 Å². The summed E-state index contributed by atoms with van der Waals surface area (Å²) in [5, 5.41) is 5.05. The maximum absolute atomic E-state index is 3.98. The molecule has 0 amide bonds. The Bertz CT molecular complexity index is 807. The minimum Gasteiger partial charge on any atom is -0.0984 e. The van der Waals surface area contributed by atoms with Crippen molar-refractivity contribution in [3.8, 4) is 0 Å². The molecule has 0 atom stereocenters. The van der Waals surface area contributed by atoms with Crippen LogP contribution in [0.1, 0.15) is 30.5 Å². The molecule has 0 bridgehead atoms. The normalized spacial score (nSPS) is 10.0. The van der Waals surface area contributed by atoms with Gasteiger partial charge in [0.25, 0.3) is 0 Å². The van der Waals surface area contributed by atoms with Gasteiger partial charge in [0.1, 0.15) is 0 Å². The van der Waals surface area contributed by atoms with Crippen molar-refractivity contribution in [3.05, 3.63) is 72.3 Å². The van der Waals surface area contributed by atoms with E-state index in [4.69, 9.17) is 0 Å². The first-order chi connectivity index (χ1) is 10.3. The Labute approximate surface area is 127 Å². The zero-order valence-electron chi connectivity index (χ0n) is 13.1. The summed E-state index contributed by atoms with van der Waals surface area (Å²) in [5.41, 5.74) is 3.61. The van der Waals surface area contributed by atoms with Gasteiger partial charge in [0.15, 0.2) is 0 Å². The SMILES string of the molecule is C=Cc1c(C=C)c2cc(C)ccc2c2ccccc12.CC. The molecule has 3 aromatic carbocycles. The van der Waals surface area contributed by atoms with Crippen LogP contribution >= 0.6 is 0 Å². The zero-order chi connectivity index (χ0) is 15.4. The van der Waals surface area contributed by atoms with E-state index in [1.165, 1.54) is 38.2 Å². The van der Waals surface area contributed by atoms with Gasteiger partial charge < -0.3 is 0 Å². The van der Waals surface area contributed by atoms with Crippen LogP contribution in [0.2, 0.25) is 0 Å². The standard InChI is InChI=1S/C19H16.C2H6/c1-4-14-15(5-2)19-12-13(3)10-11-18(19)17-9-7-6-8-16(14)17;1-2/h4-12H,1-2H2,3H3;1-2H3. The van der Waals surface area contributed by atoms with Crippen LogP contribution in [0, 0.1) is 6.92 Å². The molecule has 0 unspecified atom stereocenters. The molecule has 0 heterocycles. The lowest BCUT2D eigenvalue weighted by Crippen LogP contribution is -1.89. The molecule has 0 heteroatoms. The molecule has 0 radical (unpaired) electrons. The summed E-state index contributed by atoms with van der Waals surface area (Å²) in [6, 6.07) is 15.1. The number of hydrogen-bond donors (Lipinski definition) is 0. The highest BCUT2D eigenvalue weighted by Gasteiger charge is 2.09. The molecule has 21 heavy (non-hydrogen) atoms. The Balaban J connectivity index is 0.000000774. The number of hydrogen-bond acceptors (Lipinski definition) is 0. The average Bonchev–Trinajstić information content (AvgIpc) is 2.55. The summed E-state index contributed by atoms with van der Waals surface area (Å²) < 4.78 is 0. The van der Waals surface area contributed by atoms with Crippen LogP contribution < -0.4 is 0 Å². The van der Waals surface area contributed by atoms with Gasteiger partial charge >= 0.3 is 0 Å². The first-order valence-corrected chi connectivity index (χ1v) is 7.46. The van der Waals surface area contributed by atoms with Crippen molar-refractivity contribution in [1.82, 2.24) is 0 Å². The number of fused-ring (bicyclic) bond motifs is 3. The predicted octanol–water partition coefficient (Wildman–Crippen LogP) is 6.61. The Kier molecular flexibility index (Phi) is 4.59. The van der Waals surface area contributed by atoms with Gasteiger partial charge in [0, 0.05) is 0 Å². The van der Waals surface area contributed by atoms with Crippen LogP contribution in [0.3, 0.4) is 0 Å². The summed E-state index contributed by atoms with van der Waals surface area (Å²) in [4.78, 5) is 0. The van der Waals surface area contributed by atoms with Crippen molar-refractivity contribution < 1.29 is 0 Å². The van der Waals surface area contributed by atoms with Gasteiger partial charge in [0.2, 0.25) is 0 Å². The largest absolute Gasteiger partial charge is 0.0984 e. The van der Waals surface area contributed by atoms with E-state index in [1.807, 2.05) is 26.0 Å². The molecule has 0 aromatic heterocycles. The van der Waals surface area contributed by atoms with Gasteiger partial charge in [0.05, 0.1) is 0 Å². The smallest absolute Gasteiger partial charge is 0.00965 e. The summed E-state index contributed by atoms with van der Waals surface area (Å²) >= 11 is 0. The molecule has 0 fully saturated rings. The molecule has 3 aromatic rings. The first-order valence-electron chi connectivity index (χ1n) is 7.46. The average molecular weight is 274 g/mol. The molecular formula is C21H22. The lowest BCUT2D eigenvalue weighted by molar-refractivity contribution is 1.50. The van der Waals surface area contributed by atoms with Crippen molar-refractivity contribution >= 4 is 33.7 Å². The molecule has 0 aliphatic rings. The highest BCUT2D eigenvalue weighted by Crippen LogP contribution is 2.34. The molecule has 106 valence electrons. The van der Waals surface area contributed by atoms with Crippen molar-refractivity contribution in [1.29, 1.82) is 0 Å². The van der Waals surface area contributed by atoms with E-state index in [0.29, 0.717) is 0 Å². The fraction of sp³-hybridized carbons (Fsp3) is 0.143. The highest BCUT2D eigenvalue weighted by molar-refractivity contribution is 6.14. The summed E-state index contributed by atoms with van der Waals surface area (Å²) in [6.07, 6.45) is 3.87.